The van der Waals surface area contributed by atoms with Gasteiger partial charge >= 0.3 is 0 Å². The van der Waals surface area contributed by atoms with Crippen molar-refractivity contribution in [1.29, 1.82) is 0 Å². The third kappa shape index (κ3) is 2.95. The SMILES string of the molecule is CS(=O)(=O)c1ccc(CN2CCCc3c(N)cccc32)cc1. The first-order valence-electron chi connectivity index (χ1n) is 7.36. The minimum Gasteiger partial charge on any atom is -0.398 e. The Kier molecular flexibility index (Phi) is 3.83. The van der Waals surface area contributed by atoms with E-state index in [1.165, 1.54) is 17.5 Å². The Bertz CT molecular complexity index is 783. The second-order valence-corrected chi connectivity index (χ2v) is 7.80. The fourth-order valence-corrected chi connectivity index (χ4v) is 3.58. The summed E-state index contributed by atoms with van der Waals surface area (Å²) in [6.45, 7) is 1.75. The lowest BCUT2D eigenvalue weighted by Crippen LogP contribution is -2.29. The van der Waals surface area contributed by atoms with E-state index in [4.69, 9.17) is 5.73 Å². The molecule has 0 amide bonds. The van der Waals surface area contributed by atoms with Crippen LogP contribution in [0, 0.1) is 0 Å². The van der Waals surface area contributed by atoms with Crippen molar-refractivity contribution in [3.63, 3.8) is 0 Å². The van der Waals surface area contributed by atoms with Crippen molar-refractivity contribution >= 4 is 21.2 Å². The minimum atomic E-state index is -3.14. The van der Waals surface area contributed by atoms with Gasteiger partial charge < -0.3 is 10.6 Å². The predicted molar refractivity (Wildman–Crippen MR) is 89.8 cm³/mol. The number of anilines is 2. The highest BCUT2D eigenvalue weighted by Crippen LogP contribution is 2.32. The predicted octanol–water partition coefficient (Wildman–Crippen LogP) is 2.63. The van der Waals surface area contributed by atoms with E-state index in [2.05, 4.69) is 11.0 Å². The lowest BCUT2D eigenvalue weighted by Gasteiger charge is -2.32. The number of sulfone groups is 1. The second-order valence-electron chi connectivity index (χ2n) is 5.79. The highest BCUT2D eigenvalue weighted by Gasteiger charge is 2.18. The summed E-state index contributed by atoms with van der Waals surface area (Å²) in [5, 5.41) is 0. The highest BCUT2D eigenvalue weighted by atomic mass is 32.2. The van der Waals surface area contributed by atoms with Gasteiger partial charge in [0.15, 0.2) is 9.84 Å². The van der Waals surface area contributed by atoms with E-state index in [0.717, 1.165) is 37.2 Å². The van der Waals surface area contributed by atoms with Crippen LogP contribution >= 0.6 is 0 Å². The molecule has 5 heteroatoms. The van der Waals surface area contributed by atoms with Crippen LogP contribution in [0.3, 0.4) is 0 Å². The van der Waals surface area contributed by atoms with Crippen LogP contribution in [-0.4, -0.2) is 21.2 Å². The van der Waals surface area contributed by atoms with Gasteiger partial charge in [-0.3, -0.25) is 0 Å². The Hall–Kier alpha value is -2.01. The molecule has 1 aliphatic rings. The average Bonchev–Trinajstić information content (AvgIpc) is 2.48. The van der Waals surface area contributed by atoms with Crippen LogP contribution in [0.5, 0.6) is 0 Å². The molecule has 0 unspecified atom stereocenters. The largest absolute Gasteiger partial charge is 0.398 e. The summed E-state index contributed by atoms with van der Waals surface area (Å²) in [4.78, 5) is 2.67. The molecule has 2 N–H and O–H groups in total. The summed E-state index contributed by atoms with van der Waals surface area (Å²) >= 11 is 0. The number of nitrogens with zero attached hydrogens (tertiary/aromatic N) is 1. The first kappa shape index (κ1) is 14.9. The van der Waals surface area contributed by atoms with Gasteiger partial charge in [-0.1, -0.05) is 18.2 Å². The van der Waals surface area contributed by atoms with Crippen LogP contribution in [0.4, 0.5) is 11.4 Å². The second kappa shape index (κ2) is 5.65. The highest BCUT2D eigenvalue weighted by molar-refractivity contribution is 7.90. The first-order valence-corrected chi connectivity index (χ1v) is 9.25. The maximum Gasteiger partial charge on any atom is 0.175 e. The molecule has 0 atom stereocenters. The molecular formula is C17H20N2O2S. The molecule has 0 fully saturated rings. The lowest BCUT2D eigenvalue weighted by atomic mass is 9.99. The molecule has 1 aliphatic heterocycles. The van der Waals surface area contributed by atoms with Gasteiger partial charge in [0.05, 0.1) is 4.90 Å². The topological polar surface area (TPSA) is 63.4 Å². The molecule has 22 heavy (non-hydrogen) atoms. The standard InChI is InChI=1S/C17H20N2O2S/c1-22(20,21)14-9-7-13(8-10-14)12-19-11-3-4-15-16(18)5-2-6-17(15)19/h2,5-10H,3-4,11-12,18H2,1H3. The molecule has 0 aromatic heterocycles. The summed E-state index contributed by atoms with van der Waals surface area (Å²) in [5.74, 6) is 0. The van der Waals surface area contributed by atoms with Crippen molar-refractivity contribution in [3.8, 4) is 0 Å². The van der Waals surface area contributed by atoms with E-state index in [1.807, 2.05) is 24.3 Å². The molecule has 3 rings (SSSR count). The van der Waals surface area contributed by atoms with Crippen molar-refractivity contribution in [2.75, 3.05) is 23.4 Å². The summed E-state index contributed by atoms with van der Waals surface area (Å²) < 4.78 is 23.0. The van der Waals surface area contributed by atoms with Crippen LogP contribution in [0.1, 0.15) is 17.5 Å². The number of fused-ring (bicyclic) bond motifs is 1. The molecule has 0 aliphatic carbocycles. The molecule has 0 spiro atoms. The monoisotopic (exact) mass is 316 g/mol. The Morgan fingerprint density at radius 1 is 1.14 bits per heavy atom. The lowest BCUT2D eigenvalue weighted by molar-refractivity contribution is 0.602. The number of nitrogens with two attached hydrogens (primary N) is 1. The van der Waals surface area contributed by atoms with Crippen LogP contribution < -0.4 is 10.6 Å². The molecule has 0 saturated carbocycles. The fraction of sp³-hybridized carbons (Fsp3) is 0.294. The molecule has 116 valence electrons. The molecule has 2 aromatic rings. The van der Waals surface area contributed by atoms with E-state index in [1.54, 1.807) is 12.1 Å². The summed E-state index contributed by atoms with van der Waals surface area (Å²) in [7, 11) is -3.14. The van der Waals surface area contributed by atoms with E-state index < -0.39 is 9.84 Å². The Labute approximate surface area is 131 Å². The zero-order chi connectivity index (χ0) is 15.7. The van der Waals surface area contributed by atoms with Gasteiger partial charge in [0.2, 0.25) is 0 Å². The Balaban J connectivity index is 1.85. The summed E-state index contributed by atoms with van der Waals surface area (Å²) in [6, 6.07) is 13.2. The Morgan fingerprint density at radius 3 is 2.55 bits per heavy atom. The Morgan fingerprint density at radius 2 is 1.86 bits per heavy atom. The number of rotatable bonds is 3. The fourth-order valence-electron chi connectivity index (χ4n) is 2.95. The summed E-state index contributed by atoms with van der Waals surface area (Å²) in [5.41, 5.74) is 10.4. The van der Waals surface area contributed by atoms with Gasteiger partial charge in [-0.25, -0.2) is 8.42 Å². The molecule has 0 radical (unpaired) electrons. The van der Waals surface area contributed by atoms with E-state index in [-0.39, 0.29) is 0 Å². The smallest absolute Gasteiger partial charge is 0.175 e. The summed E-state index contributed by atoms with van der Waals surface area (Å²) in [6.07, 6.45) is 3.33. The maximum atomic E-state index is 11.5. The third-order valence-electron chi connectivity index (χ3n) is 4.11. The third-order valence-corrected chi connectivity index (χ3v) is 5.24. The average molecular weight is 316 g/mol. The van der Waals surface area contributed by atoms with Crippen molar-refractivity contribution < 1.29 is 8.42 Å². The van der Waals surface area contributed by atoms with Crippen LogP contribution in [-0.2, 0) is 22.8 Å². The molecule has 1 heterocycles. The van der Waals surface area contributed by atoms with Crippen molar-refractivity contribution in [1.82, 2.24) is 0 Å². The molecule has 4 nitrogen and oxygen atoms in total. The van der Waals surface area contributed by atoms with Crippen molar-refractivity contribution in [3.05, 3.63) is 53.6 Å². The van der Waals surface area contributed by atoms with Gasteiger partial charge in [0, 0.05) is 30.7 Å². The first-order chi connectivity index (χ1) is 10.4. The van der Waals surface area contributed by atoms with Crippen LogP contribution in [0.15, 0.2) is 47.4 Å². The van der Waals surface area contributed by atoms with E-state index >= 15 is 0 Å². The number of hydrogen-bond donors (Lipinski definition) is 1. The van der Waals surface area contributed by atoms with Crippen molar-refractivity contribution in [2.45, 2.75) is 24.3 Å². The molecule has 0 saturated heterocycles. The van der Waals surface area contributed by atoms with Crippen LogP contribution in [0.2, 0.25) is 0 Å². The van der Waals surface area contributed by atoms with Gasteiger partial charge in [-0.05, 0) is 48.2 Å². The van der Waals surface area contributed by atoms with Crippen LogP contribution in [0.25, 0.3) is 0 Å². The zero-order valence-electron chi connectivity index (χ0n) is 12.6. The molecule has 2 aromatic carbocycles. The van der Waals surface area contributed by atoms with E-state index in [0.29, 0.717) is 4.90 Å². The van der Waals surface area contributed by atoms with Gasteiger partial charge in [-0.15, -0.1) is 0 Å². The van der Waals surface area contributed by atoms with E-state index in [9.17, 15) is 8.42 Å². The number of hydrogen-bond acceptors (Lipinski definition) is 4. The molecular weight excluding hydrogens is 296 g/mol. The van der Waals surface area contributed by atoms with Gasteiger partial charge in [0.1, 0.15) is 0 Å². The molecule has 0 bridgehead atoms. The van der Waals surface area contributed by atoms with Gasteiger partial charge in [0.25, 0.3) is 0 Å². The van der Waals surface area contributed by atoms with Gasteiger partial charge in [-0.2, -0.15) is 0 Å². The quantitative estimate of drug-likeness (QED) is 0.884. The number of benzene rings is 2. The zero-order valence-corrected chi connectivity index (χ0v) is 13.4. The number of nitrogen functional groups attached to an aromatic ring is 1. The normalized spacial score (nSPS) is 14.7. The van der Waals surface area contributed by atoms with Crippen molar-refractivity contribution in [2.24, 2.45) is 0 Å². The minimum absolute atomic E-state index is 0.361. The maximum absolute atomic E-state index is 11.5.